The molecule has 2 aromatic heterocycles. The minimum atomic E-state index is -0.142. The van der Waals surface area contributed by atoms with Gasteiger partial charge in [-0.1, -0.05) is 11.3 Å². The van der Waals surface area contributed by atoms with Crippen LogP contribution >= 0.6 is 11.3 Å². The van der Waals surface area contributed by atoms with E-state index in [-0.39, 0.29) is 11.9 Å². The lowest BCUT2D eigenvalue weighted by Crippen LogP contribution is -2.30. The highest BCUT2D eigenvalue weighted by Crippen LogP contribution is 2.29. The fourth-order valence-corrected chi connectivity index (χ4v) is 3.10. The number of imidazole rings is 1. The second kappa shape index (κ2) is 5.81. The van der Waals surface area contributed by atoms with Crippen LogP contribution in [0.4, 0.5) is 0 Å². The number of methoxy groups -OCH3 is 1. The second-order valence-corrected chi connectivity index (χ2v) is 6.28. The summed E-state index contributed by atoms with van der Waals surface area (Å²) in [5, 5.41) is 2.84. The number of fused-ring (bicyclic) bond motifs is 1. The zero-order chi connectivity index (χ0) is 15.7. The van der Waals surface area contributed by atoms with E-state index in [1.165, 1.54) is 0 Å². The van der Waals surface area contributed by atoms with E-state index in [0.29, 0.717) is 5.69 Å². The summed E-state index contributed by atoms with van der Waals surface area (Å²) in [7, 11) is 1.65. The summed E-state index contributed by atoms with van der Waals surface area (Å²) < 4.78 is 7.05. The first-order chi connectivity index (χ1) is 10.6. The van der Waals surface area contributed by atoms with E-state index in [0.717, 1.165) is 21.2 Å². The van der Waals surface area contributed by atoms with Gasteiger partial charge in [0, 0.05) is 18.4 Å². The maximum Gasteiger partial charge on any atom is 0.271 e. The lowest BCUT2D eigenvalue weighted by Gasteiger charge is -2.05. The van der Waals surface area contributed by atoms with E-state index in [1.54, 1.807) is 24.6 Å². The lowest BCUT2D eigenvalue weighted by molar-refractivity contribution is 0.0938. The number of carbonyl (C=O) groups excluding carboxylic acids is 1. The van der Waals surface area contributed by atoms with Crippen LogP contribution in [0.2, 0.25) is 0 Å². The van der Waals surface area contributed by atoms with Gasteiger partial charge in [-0.15, -0.1) is 0 Å². The molecule has 0 bridgehead atoms. The topological polar surface area (TPSA) is 55.6 Å². The molecule has 114 valence electrons. The van der Waals surface area contributed by atoms with Gasteiger partial charge in [-0.25, -0.2) is 4.98 Å². The molecule has 0 aliphatic heterocycles. The van der Waals surface area contributed by atoms with Gasteiger partial charge in [-0.3, -0.25) is 9.20 Å². The van der Waals surface area contributed by atoms with Crippen molar-refractivity contribution < 1.29 is 9.53 Å². The number of hydrogen-bond acceptors (Lipinski definition) is 4. The predicted molar refractivity (Wildman–Crippen MR) is 87.7 cm³/mol. The van der Waals surface area contributed by atoms with Crippen molar-refractivity contribution in [3.05, 3.63) is 42.4 Å². The first-order valence-corrected chi connectivity index (χ1v) is 7.82. The van der Waals surface area contributed by atoms with Crippen molar-refractivity contribution in [1.29, 1.82) is 0 Å². The molecular formula is C16H17N3O2S. The third-order valence-electron chi connectivity index (χ3n) is 3.18. The molecule has 1 aromatic carbocycles. The van der Waals surface area contributed by atoms with E-state index in [2.05, 4.69) is 10.3 Å². The molecule has 5 nitrogen and oxygen atoms in total. The summed E-state index contributed by atoms with van der Waals surface area (Å²) in [5.74, 6) is 0.689. The Balaban J connectivity index is 1.87. The number of benzene rings is 1. The first kappa shape index (κ1) is 14.6. The SMILES string of the molecule is COc1ccc(-c2cn3cc(C(=O)NC(C)C)nc3s2)cc1. The van der Waals surface area contributed by atoms with Crippen molar-refractivity contribution in [2.24, 2.45) is 0 Å². The first-order valence-electron chi connectivity index (χ1n) is 7.00. The predicted octanol–water partition coefficient (Wildman–Crippen LogP) is 3.21. The number of carbonyl (C=O) groups is 1. The Hall–Kier alpha value is -2.34. The molecule has 0 aliphatic rings. The van der Waals surface area contributed by atoms with Crippen molar-refractivity contribution in [3.8, 4) is 16.2 Å². The summed E-state index contributed by atoms with van der Waals surface area (Å²) in [5.41, 5.74) is 1.55. The molecule has 0 fully saturated rings. The molecule has 6 heteroatoms. The molecule has 3 aromatic rings. The maximum absolute atomic E-state index is 12.0. The Labute approximate surface area is 132 Å². The summed E-state index contributed by atoms with van der Waals surface area (Å²) in [6.07, 6.45) is 3.75. The van der Waals surface area contributed by atoms with Gasteiger partial charge in [0.25, 0.3) is 5.91 Å². The van der Waals surface area contributed by atoms with Gasteiger partial charge in [-0.2, -0.15) is 0 Å². The fraction of sp³-hybridized carbons (Fsp3) is 0.250. The van der Waals surface area contributed by atoms with Crippen LogP contribution in [0.25, 0.3) is 15.4 Å². The largest absolute Gasteiger partial charge is 0.497 e. The zero-order valence-electron chi connectivity index (χ0n) is 12.7. The molecule has 0 radical (unpaired) electrons. The number of nitrogens with zero attached hydrogens (tertiary/aromatic N) is 2. The Morgan fingerprint density at radius 2 is 2.00 bits per heavy atom. The van der Waals surface area contributed by atoms with Crippen LogP contribution < -0.4 is 10.1 Å². The molecule has 0 spiro atoms. The highest BCUT2D eigenvalue weighted by Gasteiger charge is 2.14. The Bertz CT molecular complexity index is 771. The molecule has 2 heterocycles. The number of rotatable bonds is 4. The van der Waals surface area contributed by atoms with E-state index >= 15 is 0 Å². The smallest absolute Gasteiger partial charge is 0.271 e. The number of nitrogens with one attached hydrogen (secondary N) is 1. The van der Waals surface area contributed by atoms with Crippen LogP contribution in [-0.4, -0.2) is 28.4 Å². The molecule has 0 aliphatic carbocycles. The quantitative estimate of drug-likeness (QED) is 0.804. The van der Waals surface area contributed by atoms with Crippen LogP contribution in [0, 0.1) is 0 Å². The second-order valence-electron chi connectivity index (χ2n) is 5.27. The van der Waals surface area contributed by atoms with Gasteiger partial charge in [0.1, 0.15) is 11.4 Å². The standard InChI is InChI=1S/C16H17N3O2S/c1-10(2)17-15(20)13-8-19-9-14(22-16(19)18-13)11-4-6-12(21-3)7-5-11/h4-10H,1-3H3,(H,17,20). The Morgan fingerprint density at radius 1 is 1.27 bits per heavy atom. The van der Waals surface area contributed by atoms with Crippen LogP contribution in [0.15, 0.2) is 36.7 Å². The summed E-state index contributed by atoms with van der Waals surface area (Å²) >= 11 is 1.55. The van der Waals surface area contributed by atoms with E-state index in [4.69, 9.17) is 4.74 Å². The lowest BCUT2D eigenvalue weighted by atomic mass is 10.2. The average molecular weight is 315 g/mol. The van der Waals surface area contributed by atoms with Crippen molar-refractivity contribution in [2.75, 3.05) is 7.11 Å². The van der Waals surface area contributed by atoms with Crippen molar-refractivity contribution in [2.45, 2.75) is 19.9 Å². The zero-order valence-corrected chi connectivity index (χ0v) is 13.5. The van der Waals surface area contributed by atoms with E-state index < -0.39 is 0 Å². The molecule has 1 amide bonds. The minimum Gasteiger partial charge on any atom is -0.497 e. The average Bonchev–Trinajstić information content (AvgIpc) is 3.05. The van der Waals surface area contributed by atoms with E-state index in [1.807, 2.05) is 48.7 Å². The van der Waals surface area contributed by atoms with Crippen molar-refractivity contribution in [3.63, 3.8) is 0 Å². The highest BCUT2D eigenvalue weighted by atomic mass is 32.1. The summed E-state index contributed by atoms with van der Waals surface area (Å²) in [4.78, 5) is 18.2. The number of thiazole rings is 1. The van der Waals surface area contributed by atoms with Gasteiger partial charge in [0.15, 0.2) is 4.96 Å². The highest BCUT2D eigenvalue weighted by molar-refractivity contribution is 7.20. The van der Waals surface area contributed by atoms with Crippen LogP contribution in [-0.2, 0) is 0 Å². The normalized spacial score (nSPS) is 11.1. The van der Waals surface area contributed by atoms with Gasteiger partial charge in [0.05, 0.1) is 12.0 Å². The molecule has 3 rings (SSSR count). The monoisotopic (exact) mass is 315 g/mol. The molecule has 0 saturated carbocycles. The molecular weight excluding hydrogens is 298 g/mol. The van der Waals surface area contributed by atoms with E-state index in [9.17, 15) is 4.79 Å². The Kier molecular flexibility index (Phi) is 3.85. The Morgan fingerprint density at radius 3 is 2.59 bits per heavy atom. The third-order valence-corrected chi connectivity index (χ3v) is 4.23. The van der Waals surface area contributed by atoms with Crippen LogP contribution in [0.1, 0.15) is 24.3 Å². The molecule has 0 atom stereocenters. The molecule has 0 saturated heterocycles. The molecule has 1 N–H and O–H groups in total. The number of ether oxygens (including phenoxy) is 1. The number of hydrogen-bond donors (Lipinski definition) is 1. The van der Waals surface area contributed by atoms with Crippen molar-refractivity contribution >= 4 is 22.2 Å². The molecule has 0 unspecified atom stereocenters. The summed E-state index contributed by atoms with van der Waals surface area (Å²) in [6.45, 7) is 3.86. The molecule has 22 heavy (non-hydrogen) atoms. The number of amides is 1. The maximum atomic E-state index is 12.0. The summed E-state index contributed by atoms with van der Waals surface area (Å²) in [6, 6.07) is 7.98. The fourth-order valence-electron chi connectivity index (χ4n) is 2.13. The van der Waals surface area contributed by atoms with Gasteiger partial charge in [-0.05, 0) is 43.7 Å². The number of aromatic nitrogens is 2. The van der Waals surface area contributed by atoms with Gasteiger partial charge in [0.2, 0.25) is 0 Å². The van der Waals surface area contributed by atoms with Gasteiger partial charge >= 0.3 is 0 Å². The van der Waals surface area contributed by atoms with Gasteiger partial charge < -0.3 is 10.1 Å². The van der Waals surface area contributed by atoms with Crippen molar-refractivity contribution in [1.82, 2.24) is 14.7 Å². The third kappa shape index (κ3) is 2.82. The van der Waals surface area contributed by atoms with Crippen LogP contribution in [0.3, 0.4) is 0 Å². The minimum absolute atomic E-state index is 0.0992. The van der Waals surface area contributed by atoms with Crippen LogP contribution in [0.5, 0.6) is 5.75 Å².